The first-order valence-electron chi connectivity index (χ1n) is 10.8. The number of alkyl halides is 1. The van der Waals surface area contributed by atoms with Crippen LogP contribution in [0.2, 0.25) is 0 Å². The predicted octanol–water partition coefficient (Wildman–Crippen LogP) is 5.60. The van der Waals surface area contributed by atoms with Gasteiger partial charge in [-0.3, -0.25) is 9.59 Å². The second-order valence-electron chi connectivity index (χ2n) is 7.92. The van der Waals surface area contributed by atoms with Crippen LogP contribution in [0.15, 0.2) is 64.5 Å². The first-order valence-corrected chi connectivity index (χ1v) is 12.5. The number of benzene rings is 3. The molecule has 1 aliphatic rings. The van der Waals surface area contributed by atoms with Gasteiger partial charge in [-0.05, 0) is 59.3 Å². The third-order valence-electron chi connectivity index (χ3n) is 5.44. The van der Waals surface area contributed by atoms with Gasteiger partial charge in [-0.2, -0.15) is 4.99 Å². The number of nitrogen functional groups attached to an aromatic ring is 1. The minimum Gasteiger partial charge on any atom is -0.480 e. The van der Waals surface area contributed by atoms with E-state index in [2.05, 4.69) is 26.2 Å². The fraction of sp³-hybridized carbons (Fsp3) is 0.0769. The Morgan fingerprint density at radius 2 is 1.82 bits per heavy atom. The number of methoxy groups -OCH3 is 1. The maximum Gasteiger partial charge on any atom is 0.339 e. The third kappa shape index (κ3) is 5.76. The van der Waals surface area contributed by atoms with Crippen LogP contribution >= 0.6 is 27.7 Å². The van der Waals surface area contributed by atoms with Crippen LogP contribution < -0.4 is 11.1 Å². The number of nitrogens with two attached hydrogens (primary N) is 1. The van der Waals surface area contributed by atoms with E-state index in [4.69, 9.17) is 15.6 Å². The van der Waals surface area contributed by atoms with Crippen LogP contribution in [0.5, 0.6) is 0 Å². The first kappa shape index (κ1) is 27.0. The van der Waals surface area contributed by atoms with E-state index < -0.39 is 34.3 Å². The number of amides is 1. The molecule has 4 rings (SSSR count). The molecule has 0 fully saturated rings. The molecule has 1 aliphatic heterocycles. The number of aliphatic carboxylic acids is 1. The summed E-state index contributed by atoms with van der Waals surface area (Å²) in [4.78, 5) is 38.2. The quantitative estimate of drug-likeness (QED) is 0.144. The minimum atomic E-state index is -1.24. The van der Waals surface area contributed by atoms with Crippen molar-refractivity contribution in [3.05, 3.63) is 87.8 Å². The number of hydrogen-bond donors (Lipinski definition) is 3. The Morgan fingerprint density at radius 1 is 1.11 bits per heavy atom. The van der Waals surface area contributed by atoms with Crippen LogP contribution in [-0.4, -0.2) is 35.2 Å². The molecule has 194 valence electrons. The number of nitrogens with one attached hydrogen (secondary N) is 1. The molecule has 1 atom stereocenters. The number of esters is 1. The number of ether oxygens (including phenoxy) is 1. The van der Waals surface area contributed by atoms with Crippen LogP contribution in [0.1, 0.15) is 26.3 Å². The summed E-state index contributed by atoms with van der Waals surface area (Å²) in [7, 11) is 1.23. The highest BCUT2D eigenvalue weighted by atomic mass is 79.9. The number of carbonyl (C=O) groups excluding carboxylic acids is 2. The molecule has 8 nitrogen and oxygen atoms in total. The van der Waals surface area contributed by atoms with Crippen molar-refractivity contribution in [1.29, 1.82) is 0 Å². The van der Waals surface area contributed by atoms with Crippen molar-refractivity contribution in [2.75, 3.05) is 18.2 Å². The van der Waals surface area contributed by atoms with E-state index in [0.717, 1.165) is 17.8 Å². The Labute approximate surface area is 227 Å². The molecule has 4 N–H and O–H groups in total. The number of carboxylic acid groups (broad SMARTS) is 1. The number of halogens is 3. The summed E-state index contributed by atoms with van der Waals surface area (Å²) >= 11 is 3.85. The van der Waals surface area contributed by atoms with E-state index >= 15 is 0 Å². The zero-order chi connectivity index (χ0) is 27.6. The van der Waals surface area contributed by atoms with E-state index in [0.29, 0.717) is 11.1 Å². The van der Waals surface area contributed by atoms with E-state index in [9.17, 15) is 23.2 Å². The normalized spacial score (nSPS) is 14.8. The molecule has 0 bridgehead atoms. The van der Waals surface area contributed by atoms with Crippen molar-refractivity contribution >= 4 is 68.2 Å². The molecule has 0 aromatic heterocycles. The largest absolute Gasteiger partial charge is 0.480 e. The molecule has 3 aromatic carbocycles. The fourth-order valence-electron chi connectivity index (χ4n) is 3.52. The van der Waals surface area contributed by atoms with Crippen LogP contribution in [0.25, 0.3) is 17.2 Å². The number of nitrogens with zero attached hydrogens (tertiary/aromatic N) is 1. The smallest absolute Gasteiger partial charge is 0.339 e. The first-order chi connectivity index (χ1) is 18.1. The second kappa shape index (κ2) is 11.2. The Morgan fingerprint density at radius 3 is 2.47 bits per heavy atom. The fourth-order valence-corrected chi connectivity index (χ4v) is 4.71. The molecule has 3 aromatic rings. The number of rotatable bonds is 6. The van der Waals surface area contributed by atoms with Crippen molar-refractivity contribution in [3.63, 3.8) is 0 Å². The maximum absolute atomic E-state index is 14.9. The van der Waals surface area contributed by atoms with Gasteiger partial charge in [0.05, 0.1) is 17.6 Å². The molecule has 0 saturated heterocycles. The number of carboxylic acids is 1. The predicted molar refractivity (Wildman–Crippen MR) is 145 cm³/mol. The molecule has 0 saturated carbocycles. The van der Waals surface area contributed by atoms with Gasteiger partial charge in [0.15, 0.2) is 5.17 Å². The average Bonchev–Trinajstić information content (AvgIpc) is 3.22. The highest BCUT2D eigenvalue weighted by Gasteiger charge is 2.24. The molecule has 38 heavy (non-hydrogen) atoms. The Hall–Kier alpha value is -4.03. The van der Waals surface area contributed by atoms with Gasteiger partial charge in [-0.1, -0.05) is 40.2 Å². The number of carbonyl (C=O) groups is 3. The number of hydrogen-bond acceptors (Lipinski definition) is 7. The number of thioether (sulfide) groups is 1. The van der Waals surface area contributed by atoms with Crippen molar-refractivity contribution in [2.45, 2.75) is 4.83 Å². The van der Waals surface area contributed by atoms with Crippen molar-refractivity contribution in [2.24, 2.45) is 4.99 Å². The average molecular weight is 602 g/mol. The van der Waals surface area contributed by atoms with Gasteiger partial charge in [-0.25, -0.2) is 13.6 Å². The van der Waals surface area contributed by atoms with E-state index in [1.807, 2.05) is 0 Å². The van der Waals surface area contributed by atoms with Crippen molar-refractivity contribution < 1.29 is 33.0 Å². The standard InChI is InChI=1S/C26H18BrF2N3O5S/c1-37-25(36)17-8-12(4-7-20(17)30)13-2-3-14(18(28)9-13)10-21-23(33)32-26(38-21)31-15-5-6-16(19(29)11-15)22(27)24(34)35/h2-11,22H,30H2,1H3,(H,34,35)(H,31,32,33). The zero-order valence-electron chi connectivity index (χ0n) is 19.5. The summed E-state index contributed by atoms with van der Waals surface area (Å²) in [5.41, 5.74) is 7.58. The van der Waals surface area contributed by atoms with Gasteiger partial charge in [-0.15, -0.1) is 0 Å². The van der Waals surface area contributed by atoms with E-state index in [1.165, 1.54) is 49.6 Å². The molecule has 0 aliphatic carbocycles. The maximum atomic E-state index is 14.9. The monoisotopic (exact) mass is 601 g/mol. The van der Waals surface area contributed by atoms with E-state index in [-0.39, 0.29) is 38.1 Å². The van der Waals surface area contributed by atoms with Gasteiger partial charge in [0.1, 0.15) is 16.5 Å². The molecule has 1 amide bonds. The highest BCUT2D eigenvalue weighted by molar-refractivity contribution is 9.09. The van der Waals surface area contributed by atoms with Gasteiger partial charge < -0.3 is 20.9 Å². The van der Waals surface area contributed by atoms with Crippen LogP contribution in [-0.2, 0) is 14.3 Å². The Balaban J connectivity index is 1.50. The SMILES string of the molecule is COC(=O)c1cc(-c2ccc(C=C3SC(Nc4ccc(C(Br)C(=O)O)c(F)c4)=NC3=O)c(F)c2)ccc1N. The lowest BCUT2D eigenvalue weighted by Gasteiger charge is -2.10. The number of amidine groups is 1. The van der Waals surface area contributed by atoms with Crippen molar-refractivity contribution in [1.82, 2.24) is 0 Å². The molecule has 1 unspecified atom stereocenters. The summed E-state index contributed by atoms with van der Waals surface area (Å²) in [5.74, 6) is -3.82. The highest BCUT2D eigenvalue weighted by Crippen LogP contribution is 2.33. The minimum absolute atomic E-state index is 0.0554. The zero-order valence-corrected chi connectivity index (χ0v) is 21.9. The Kier molecular flexibility index (Phi) is 7.93. The molecular weight excluding hydrogens is 584 g/mol. The lowest BCUT2D eigenvalue weighted by atomic mass is 10.00. The molecule has 1 heterocycles. The van der Waals surface area contributed by atoms with E-state index in [1.54, 1.807) is 12.1 Å². The number of anilines is 2. The van der Waals surface area contributed by atoms with Crippen LogP contribution in [0, 0.1) is 11.6 Å². The van der Waals surface area contributed by atoms with Crippen LogP contribution in [0.3, 0.4) is 0 Å². The summed E-state index contributed by atoms with van der Waals surface area (Å²) in [6, 6.07) is 12.9. The van der Waals surface area contributed by atoms with Crippen molar-refractivity contribution in [3.8, 4) is 11.1 Å². The van der Waals surface area contributed by atoms with Crippen LogP contribution in [0.4, 0.5) is 20.2 Å². The lowest BCUT2D eigenvalue weighted by Crippen LogP contribution is -2.09. The molecular formula is C26H18BrF2N3O5S. The molecule has 0 spiro atoms. The van der Waals surface area contributed by atoms with Gasteiger partial charge in [0, 0.05) is 22.5 Å². The van der Waals surface area contributed by atoms with Gasteiger partial charge in [0.25, 0.3) is 5.91 Å². The summed E-state index contributed by atoms with van der Waals surface area (Å²) in [6.07, 6.45) is 1.35. The second-order valence-corrected chi connectivity index (χ2v) is 9.87. The molecule has 12 heteroatoms. The summed E-state index contributed by atoms with van der Waals surface area (Å²) in [5, 5.41) is 12.0. The summed E-state index contributed by atoms with van der Waals surface area (Å²) in [6.45, 7) is 0. The third-order valence-corrected chi connectivity index (χ3v) is 7.23. The lowest BCUT2D eigenvalue weighted by molar-refractivity contribution is -0.136. The number of aliphatic imine (C=N–C) groups is 1. The topological polar surface area (TPSA) is 131 Å². The van der Waals surface area contributed by atoms with Gasteiger partial charge in [0.2, 0.25) is 0 Å². The Bertz CT molecular complexity index is 1540. The summed E-state index contributed by atoms with van der Waals surface area (Å²) < 4.78 is 34.0. The molecule has 0 radical (unpaired) electrons. The van der Waals surface area contributed by atoms with Gasteiger partial charge >= 0.3 is 11.9 Å².